The molecule has 3 aromatic carbocycles. The molecular formula is C22H19ClN2O3. The van der Waals surface area contributed by atoms with Crippen molar-refractivity contribution in [1.29, 1.82) is 0 Å². The summed E-state index contributed by atoms with van der Waals surface area (Å²) in [5, 5.41) is 4.63. The van der Waals surface area contributed by atoms with Crippen LogP contribution >= 0.6 is 11.6 Å². The van der Waals surface area contributed by atoms with Crippen LogP contribution in [0.25, 0.3) is 0 Å². The Hall–Kier alpha value is -3.31. The number of ether oxygens (including phenoxy) is 2. The van der Waals surface area contributed by atoms with Crippen LogP contribution in [-0.2, 0) is 11.4 Å². The number of nitrogens with one attached hydrogen (secondary N) is 1. The summed E-state index contributed by atoms with van der Waals surface area (Å²) < 4.78 is 11.2. The first-order valence-electron chi connectivity index (χ1n) is 8.67. The lowest BCUT2D eigenvalue weighted by molar-refractivity contribution is -0.123. The Bertz CT molecular complexity index is 945. The second-order valence-corrected chi connectivity index (χ2v) is 6.22. The van der Waals surface area contributed by atoms with Crippen molar-refractivity contribution in [2.45, 2.75) is 6.61 Å². The van der Waals surface area contributed by atoms with Crippen molar-refractivity contribution in [2.75, 3.05) is 6.61 Å². The second-order valence-electron chi connectivity index (χ2n) is 5.81. The topological polar surface area (TPSA) is 59.9 Å². The van der Waals surface area contributed by atoms with E-state index in [9.17, 15) is 4.79 Å². The van der Waals surface area contributed by atoms with Crippen LogP contribution in [0.2, 0.25) is 5.02 Å². The second kappa shape index (κ2) is 10.1. The molecule has 1 N–H and O–H groups in total. The molecule has 0 unspecified atom stereocenters. The highest BCUT2D eigenvalue weighted by Gasteiger charge is 2.05. The van der Waals surface area contributed by atoms with Gasteiger partial charge >= 0.3 is 0 Å². The van der Waals surface area contributed by atoms with Gasteiger partial charge in [0.25, 0.3) is 5.91 Å². The number of hydrogen-bond acceptors (Lipinski definition) is 4. The van der Waals surface area contributed by atoms with Gasteiger partial charge < -0.3 is 9.47 Å². The number of carbonyl (C=O) groups is 1. The van der Waals surface area contributed by atoms with Gasteiger partial charge in [0.05, 0.1) is 6.21 Å². The van der Waals surface area contributed by atoms with Gasteiger partial charge in [-0.1, -0.05) is 60.1 Å². The highest BCUT2D eigenvalue weighted by Crippen LogP contribution is 2.20. The number of para-hydroxylation sites is 2. The first kappa shape index (κ1) is 19.5. The number of amides is 1. The number of benzene rings is 3. The molecule has 0 aromatic heterocycles. The Morgan fingerprint density at radius 1 is 0.929 bits per heavy atom. The predicted molar refractivity (Wildman–Crippen MR) is 110 cm³/mol. The Kier molecular flexibility index (Phi) is 7.04. The van der Waals surface area contributed by atoms with Gasteiger partial charge in [-0.25, -0.2) is 5.43 Å². The quantitative estimate of drug-likeness (QED) is 0.453. The lowest BCUT2D eigenvalue weighted by Gasteiger charge is -2.10. The van der Waals surface area contributed by atoms with Gasteiger partial charge in [0.2, 0.25) is 0 Å². The zero-order valence-electron chi connectivity index (χ0n) is 15.0. The minimum atomic E-state index is -0.352. The summed E-state index contributed by atoms with van der Waals surface area (Å²) in [5.74, 6) is 0.912. The van der Waals surface area contributed by atoms with E-state index in [1.165, 1.54) is 6.21 Å². The summed E-state index contributed by atoms with van der Waals surface area (Å²) in [5.41, 5.74) is 4.07. The third-order valence-electron chi connectivity index (χ3n) is 3.77. The Morgan fingerprint density at radius 2 is 1.64 bits per heavy atom. The molecule has 28 heavy (non-hydrogen) atoms. The number of carbonyl (C=O) groups excluding carboxylic acids is 1. The average molecular weight is 395 g/mol. The van der Waals surface area contributed by atoms with Crippen LogP contribution in [0, 0.1) is 0 Å². The van der Waals surface area contributed by atoms with Crippen LogP contribution in [0.5, 0.6) is 11.5 Å². The first-order valence-corrected chi connectivity index (χ1v) is 9.05. The normalized spacial score (nSPS) is 10.6. The summed E-state index contributed by atoms with van der Waals surface area (Å²) in [4.78, 5) is 11.8. The molecule has 0 bridgehead atoms. The Morgan fingerprint density at radius 3 is 2.46 bits per heavy atom. The number of hydrazone groups is 1. The molecule has 1 amide bonds. The van der Waals surface area contributed by atoms with E-state index in [1.807, 2.05) is 66.7 Å². The van der Waals surface area contributed by atoms with E-state index in [4.69, 9.17) is 21.1 Å². The average Bonchev–Trinajstić information content (AvgIpc) is 2.73. The van der Waals surface area contributed by atoms with Crippen molar-refractivity contribution in [3.8, 4) is 11.5 Å². The molecule has 0 aliphatic rings. The summed E-state index contributed by atoms with van der Waals surface area (Å²) >= 11 is 6.16. The van der Waals surface area contributed by atoms with Crippen molar-refractivity contribution in [3.63, 3.8) is 0 Å². The fraction of sp³-hybridized carbons (Fsp3) is 0.0909. The SMILES string of the molecule is O=C(COc1ccccc1)N/N=C\c1ccccc1OCc1ccccc1Cl. The summed E-state index contributed by atoms with van der Waals surface area (Å²) in [6.45, 7) is 0.216. The summed E-state index contributed by atoms with van der Waals surface area (Å²) in [6.07, 6.45) is 1.53. The van der Waals surface area contributed by atoms with E-state index in [0.717, 1.165) is 11.1 Å². The number of rotatable bonds is 8. The molecule has 0 spiro atoms. The molecule has 142 valence electrons. The van der Waals surface area contributed by atoms with Gasteiger partial charge in [-0.3, -0.25) is 4.79 Å². The number of halogens is 1. The van der Waals surface area contributed by atoms with Crippen LogP contribution in [0.15, 0.2) is 84.0 Å². The van der Waals surface area contributed by atoms with Crippen molar-refractivity contribution >= 4 is 23.7 Å². The van der Waals surface area contributed by atoms with Gasteiger partial charge in [0.15, 0.2) is 6.61 Å². The number of hydrogen-bond donors (Lipinski definition) is 1. The molecule has 0 aliphatic heterocycles. The minimum Gasteiger partial charge on any atom is -0.488 e. The zero-order chi connectivity index (χ0) is 19.6. The molecule has 0 atom stereocenters. The maximum Gasteiger partial charge on any atom is 0.277 e. The van der Waals surface area contributed by atoms with Gasteiger partial charge in [0, 0.05) is 16.1 Å². The fourth-order valence-electron chi connectivity index (χ4n) is 2.36. The largest absolute Gasteiger partial charge is 0.488 e. The Labute approximate surface area is 168 Å². The number of nitrogens with zero attached hydrogens (tertiary/aromatic N) is 1. The zero-order valence-corrected chi connectivity index (χ0v) is 15.8. The first-order chi connectivity index (χ1) is 13.7. The van der Waals surface area contributed by atoms with E-state index in [1.54, 1.807) is 12.1 Å². The monoisotopic (exact) mass is 394 g/mol. The van der Waals surface area contributed by atoms with E-state index < -0.39 is 0 Å². The third-order valence-corrected chi connectivity index (χ3v) is 4.13. The maximum atomic E-state index is 11.8. The van der Waals surface area contributed by atoms with Crippen molar-refractivity contribution < 1.29 is 14.3 Å². The molecule has 0 aliphatic carbocycles. The maximum absolute atomic E-state index is 11.8. The van der Waals surface area contributed by atoms with Crippen molar-refractivity contribution in [3.05, 3.63) is 95.0 Å². The summed E-state index contributed by atoms with van der Waals surface area (Å²) in [7, 11) is 0. The van der Waals surface area contributed by atoms with E-state index in [2.05, 4.69) is 10.5 Å². The molecule has 3 rings (SSSR count). The van der Waals surface area contributed by atoms with Gasteiger partial charge in [-0.15, -0.1) is 0 Å². The van der Waals surface area contributed by atoms with Crippen LogP contribution in [0.3, 0.4) is 0 Å². The van der Waals surface area contributed by atoms with Crippen LogP contribution < -0.4 is 14.9 Å². The van der Waals surface area contributed by atoms with Crippen molar-refractivity contribution in [1.82, 2.24) is 5.43 Å². The molecule has 3 aromatic rings. The molecular weight excluding hydrogens is 376 g/mol. The molecule has 0 fully saturated rings. The predicted octanol–water partition coefficient (Wildman–Crippen LogP) is 4.45. The van der Waals surface area contributed by atoms with E-state index in [0.29, 0.717) is 23.1 Å². The van der Waals surface area contributed by atoms with Gasteiger partial charge in [0.1, 0.15) is 18.1 Å². The van der Waals surface area contributed by atoms with Gasteiger partial charge in [-0.05, 0) is 30.3 Å². The minimum absolute atomic E-state index is 0.119. The smallest absolute Gasteiger partial charge is 0.277 e. The molecule has 6 heteroatoms. The highest BCUT2D eigenvalue weighted by molar-refractivity contribution is 6.31. The van der Waals surface area contributed by atoms with E-state index >= 15 is 0 Å². The van der Waals surface area contributed by atoms with Crippen molar-refractivity contribution in [2.24, 2.45) is 5.10 Å². The lowest BCUT2D eigenvalue weighted by Crippen LogP contribution is -2.24. The molecule has 5 nitrogen and oxygen atoms in total. The molecule has 0 saturated carbocycles. The fourth-order valence-corrected chi connectivity index (χ4v) is 2.55. The third kappa shape index (κ3) is 5.86. The summed E-state index contributed by atoms with van der Waals surface area (Å²) in [6, 6.07) is 24.0. The van der Waals surface area contributed by atoms with E-state index in [-0.39, 0.29) is 12.5 Å². The Balaban J connectivity index is 1.53. The van der Waals surface area contributed by atoms with Crippen LogP contribution in [0.4, 0.5) is 0 Å². The van der Waals surface area contributed by atoms with Gasteiger partial charge in [-0.2, -0.15) is 5.10 Å². The lowest BCUT2D eigenvalue weighted by atomic mass is 10.2. The standard InChI is InChI=1S/C22H19ClN2O3/c23-20-12-6-4-9-18(20)15-28-21-13-7-5-8-17(21)14-24-25-22(26)16-27-19-10-2-1-3-11-19/h1-14H,15-16H2,(H,25,26)/b24-14-. The molecule has 0 radical (unpaired) electrons. The molecule has 0 heterocycles. The molecule has 0 saturated heterocycles. The highest BCUT2D eigenvalue weighted by atomic mass is 35.5. The van der Waals surface area contributed by atoms with Crippen LogP contribution in [-0.4, -0.2) is 18.7 Å². The van der Waals surface area contributed by atoms with Crippen LogP contribution in [0.1, 0.15) is 11.1 Å².